The van der Waals surface area contributed by atoms with E-state index in [2.05, 4.69) is 22.0 Å². The number of anilines is 1. The fourth-order valence-electron chi connectivity index (χ4n) is 3.43. The van der Waals surface area contributed by atoms with E-state index in [9.17, 15) is 9.59 Å². The van der Waals surface area contributed by atoms with Gasteiger partial charge in [-0.25, -0.2) is 4.98 Å². The minimum Gasteiger partial charge on any atom is -0.455 e. The summed E-state index contributed by atoms with van der Waals surface area (Å²) in [4.78, 5) is 33.1. The van der Waals surface area contributed by atoms with Crippen molar-refractivity contribution in [3.8, 4) is 10.6 Å². The lowest BCUT2D eigenvalue weighted by Crippen LogP contribution is -2.49. The number of amides is 1. The normalized spacial score (nSPS) is 13.8. The van der Waals surface area contributed by atoms with Gasteiger partial charge in [0, 0.05) is 47.8 Å². The lowest BCUT2D eigenvalue weighted by Gasteiger charge is -2.36. The Morgan fingerprint density at radius 1 is 1.03 bits per heavy atom. The predicted octanol–water partition coefficient (Wildman–Crippen LogP) is 3.90. The number of hydrogen-bond acceptors (Lipinski definition) is 6. The van der Waals surface area contributed by atoms with E-state index < -0.39 is 5.97 Å². The van der Waals surface area contributed by atoms with E-state index in [1.165, 1.54) is 11.3 Å². The first-order valence-electron chi connectivity index (χ1n) is 10.0. The first-order chi connectivity index (χ1) is 15.1. The van der Waals surface area contributed by atoms with Crippen LogP contribution in [0.4, 0.5) is 5.69 Å². The number of rotatable bonds is 6. The van der Waals surface area contributed by atoms with Crippen LogP contribution in [0, 0.1) is 0 Å². The summed E-state index contributed by atoms with van der Waals surface area (Å²) < 4.78 is 5.21. The summed E-state index contributed by atoms with van der Waals surface area (Å²) in [6.45, 7) is 2.50. The van der Waals surface area contributed by atoms with E-state index in [-0.39, 0.29) is 18.9 Å². The smallest absolute Gasteiger partial charge is 0.312 e. The molecule has 0 atom stereocenters. The molecule has 0 aliphatic carbocycles. The minimum atomic E-state index is -0.459. The van der Waals surface area contributed by atoms with Crippen LogP contribution >= 0.6 is 22.9 Å². The van der Waals surface area contributed by atoms with Crippen molar-refractivity contribution >= 4 is 40.5 Å². The van der Waals surface area contributed by atoms with Crippen LogP contribution < -0.4 is 4.90 Å². The van der Waals surface area contributed by atoms with Crippen LogP contribution in [0.15, 0.2) is 60.0 Å². The van der Waals surface area contributed by atoms with Crippen molar-refractivity contribution in [1.82, 2.24) is 9.88 Å². The maximum absolute atomic E-state index is 12.4. The molecule has 6 nitrogen and oxygen atoms in total. The summed E-state index contributed by atoms with van der Waals surface area (Å²) >= 11 is 7.47. The Bertz CT molecular complexity index is 1050. The first-order valence-corrected chi connectivity index (χ1v) is 11.3. The van der Waals surface area contributed by atoms with E-state index >= 15 is 0 Å². The number of ether oxygens (including phenoxy) is 1. The second-order valence-corrected chi connectivity index (χ2v) is 8.49. The maximum Gasteiger partial charge on any atom is 0.312 e. The number of para-hydroxylation sites is 1. The van der Waals surface area contributed by atoms with E-state index in [0.717, 1.165) is 29.3 Å². The number of carbonyl (C=O) groups is 2. The summed E-state index contributed by atoms with van der Waals surface area (Å²) in [6.07, 6.45) is 0.0339. The molecule has 0 spiro atoms. The van der Waals surface area contributed by atoms with Gasteiger partial charge in [0.1, 0.15) is 5.01 Å². The second kappa shape index (κ2) is 9.94. The molecule has 1 aliphatic rings. The van der Waals surface area contributed by atoms with E-state index in [1.54, 1.807) is 11.0 Å². The molecule has 0 saturated carbocycles. The van der Waals surface area contributed by atoms with Gasteiger partial charge in [0.05, 0.1) is 12.1 Å². The number of hydrogen-bond donors (Lipinski definition) is 0. The van der Waals surface area contributed by atoms with Gasteiger partial charge in [-0.2, -0.15) is 0 Å². The molecule has 8 heteroatoms. The average molecular weight is 456 g/mol. The van der Waals surface area contributed by atoms with E-state index in [0.29, 0.717) is 23.8 Å². The fourth-order valence-corrected chi connectivity index (χ4v) is 4.43. The summed E-state index contributed by atoms with van der Waals surface area (Å²) in [5.74, 6) is -0.627. The summed E-state index contributed by atoms with van der Waals surface area (Å²) in [5.41, 5.74) is 2.68. The third kappa shape index (κ3) is 5.62. The van der Waals surface area contributed by atoms with Gasteiger partial charge in [0.2, 0.25) is 0 Å². The van der Waals surface area contributed by atoms with Crippen molar-refractivity contribution in [1.29, 1.82) is 0 Å². The highest BCUT2D eigenvalue weighted by atomic mass is 35.5. The van der Waals surface area contributed by atoms with Crippen molar-refractivity contribution < 1.29 is 14.3 Å². The van der Waals surface area contributed by atoms with Crippen LogP contribution in [0.1, 0.15) is 5.69 Å². The molecule has 3 aromatic rings. The molecule has 2 aromatic carbocycles. The maximum atomic E-state index is 12.4. The Balaban J connectivity index is 1.23. The van der Waals surface area contributed by atoms with Crippen LogP contribution in [0.5, 0.6) is 0 Å². The van der Waals surface area contributed by atoms with Crippen molar-refractivity contribution in [3.05, 3.63) is 70.7 Å². The van der Waals surface area contributed by atoms with Gasteiger partial charge in [0.15, 0.2) is 6.61 Å². The Labute approximate surface area is 190 Å². The number of thiazole rings is 1. The zero-order valence-corrected chi connectivity index (χ0v) is 18.4. The van der Waals surface area contributed by atoms with Crippen molar-refractivity contribution in [2.45, 2.75) is 6.42 Å². The number of halogens is 1. The van der Waals surface area contributed by atoms with Gasteiger partial charge in [-0.05, 0) is 24.3 Å². The molecule has 0 bridgehead atoms. The van der Waals surface area contributed by atoms with Crippen molar-refractivity contribution in [2.24, 2.45) is 0 Å². The number of aromatic nitrogens is 1. The third-order valence-electron chi connectivity index (χ3n) is 5.06. The van der Waals surface area contributed by atoms with Gasteiger partial charge >= 0.3 is 5.97 Å². The first kappa shape index (κ1) is 21.3. The van der Waals surface area contributed by atoms with Crippen LogP contribution in [0.3, 0.4) is 0 Å². The highest BCUT2D eigenvalue weighted by Gasteiger charge is 2.22. The fraction of sp³-hybridized carbons (Fsp3) is 0.261. The SMILES string of the molecule is O=C(Cc1csc(-c2cccc(Cl)c2)n1)OCC(=O)N1CCN(c2ccccc2)CC1. The monoisotopic (exact) mass is 455 g/mol. The molecule has 160 valence electrons. The topological polar surface area (TPSA) is 62.7 Å². The largest absolute Gasteiger partial charge is 0.455 e. The number of esters is 1. The summed E-state index contributed by atoms with van der Waals surface area (Å²) in [6, 6.07) is 17.5. The van der Waals surface area contributed by atoms with Crippen LogP contribution in [0.2, 0.25) is 5.02 Å². The second-order valence-electron chi connectivity index (χ2n) is 7.20. The number of carbonyl (C=O) groups excluding carboxylic acids is 2. The Kier molecular flexibility index (Phi) is 6.84. The van der Waals surface area contributed by atoms with Crippen molar-refractivity contribution in [3.63, 3.8) is 0 Å². The molecule has 0 unspecified atom stereocenters. The number of piperazine rings is 1. The van der Waals surface area contributed by atoms with Crippen LogP contribution in [0.25, 0.3) is 10.6 Å². The third-order valence-corrected chi connectivity index (χ3v) is 6.23. The summed E-state index contributed by atoms with van der Waals surface area (Å²) in [7, 11) is 0. The predicted molar refractivity (Wildman–Crippen MR) is 122 cm³/mol. The molecular formula is C23H22ClN3O3S. The zero-order chi connectivity index (χ0) is 21.6. The molecule has 1 aromatic heterocycles. The lowest BCUT2D eigenvalue weighted by atomic mass is 10.2. The highest BCUT2D eigenvalue weighted by Crippen LogP contribution is 2.26. The Morgan fingerprint density at radius 3 is 2.55 bits per heavy atom. The molecule has 4 rings (SSSR count). The van der Waals surface area contributed by atoms with Crippen LogP contribution in [-0.4, -0.2) is 54.5 Å². The van der Waals surface area contributed by atoms with Gasteiger partial charge in [0.25, 0.3) is 5.91 Å². The quantitative estimate of drug-likeness (QED) is 0.527. The molecule has 2 heterocycles. The Hall–Kier alpha value is -2.90. The molecule has 1 saturated heterocycles. The minimum absolute atomic E-state index is 0.0339. The lowest BCUT2D eigenvalue weighted by molar-refractivity contribution is -0.151. The molecule has 0 radical (unpaired) electrons. The summed E-state index contributed by atoms with van der Waals surface area (Å²) in [5, 5.41) is 3.25. The molecule has 0 N–H and O–H groups in total. The standard InChI is InChI=1S/C23H22ClN3O3S/c24-18-6-4-5-17(13-18)23-25-19(16-31-23)14-22(29)30-15-21(28)27-11-9-26(10-12-27)20-7-2-1-3-8-20/h1-8,13,16H,9-12,14-15H2. The highest BCUT2D eigenvalue weighted by molar-refractivity contribution is 7.13. The molecule has 31 heavy (non-hydrogen) atoms. The van der Waals surface area contributed by atoms with Gasteiger partial charge in [-0.1, -0.05) is 41.9 Å². The Morgan fingerprint density at radius 2 is 1.81 bits per heavy atom. The van der Waals surface area contributed by atoms with Gasteiger partial charge in [-0.3, -0.25) is 9.59 Å². The molecule has 1 fully saturated rings. The number of benzene rings is 2. The molecule has 1 aliphatic heterocycles. The van der Waals surface area contributed by atoms with Crippen LogP contribution in [-0.2, 0) is 20.7 Å². The molecule has 1 amide bonds. The van der Waals surface area contributed by atoms with E-state index in [1.807, 2.05) is 41.8 Å². The number of nitrogens with zero attached hydrogens (tertiary/aromatic N) is 3. The molecular weight excluding hydrogens is 434 g/mol. The van der Waals surface area contributed by atoms with Gasteiger partial charge < -0.3 is 14.5 Å². The van der Waals surface area contributed by atoms with Crippen molar-refractivity contribution in [2.75, 3.05) is 37.7 Å². The van der Waals surface area contributed by atoms with Gasteiger partial charge in [-0.15, -0.1) is 11.3 Å². The zero-order valence-electron chi connectivity index (χ0n) is 16.9. The average Bonchev–Trinajstić information content (AvgIpc) is 3.26. The van der Waals surface area contributed by atoms with E-state index in [4.69, 9.17) is 16.3 Å².